The quantitative estimate of drug-likeness (QED) is 0.668. The number of hydrogen-bond donors (Lipinski definition) is 2. The predicted octanol–water partition coefficient (Wildman–Crippen LogP) is 2.42. The van der Waals surface area contributed by atoms with Crippen LogP contribution >= 0.6 is 0 Å². The van der Waals surface area contributed by atoms with Crippen molar-refractivity contribution in [3.63, 3.8) is 0 Å². The Kier molecular flexibility index (Phi) is 4.32. The molecule has 0 aliphatic rings. The van der Waals surface area contributed by atoms with Crippen molar-refractivity contribution >= 4 is 11.6 Å². The monoisotopic (exact) mass is 279 g/mol. The summed E-state index contributed by atoms with van der Waals surface area (Å²) in [5.41, 5.74) is 4.87. The van der Waals surface area contributed by atoms with E-state index in [1.165, 1.54) is 24.3 Å². The van der Waals surface area contributed by atoms with Gasteiger partial charge in [-0.05, 0) is 48.9 Å². The molecule has 0 aromatic heterocycles. The van der Waals surface area contributed by atoms with E-state index in [0.29, 0.717) is 16.8 Å². The zero-order chi connectivity index (χ0) is 15.2. The number of amides is 1. The first-order chi connectivity index (χ1) is 10.1. The number of hydrogen-bond acceptors (Lipinski definition) is 4. The Morgan fingerprint density at radius 3 is 2.24 bits per heavy atom. The average Bonchev–Trinajstić information content (AvgIpc) is 2.53. The third-order valence-corrected chi connectivity index (χ3v) is 2.89. The third kappa shape index (κ3) is 3.67. The average molecular weight is 279 g/mol. The number of nitrogens with one attached hydrogen (secondary N) is 1. The molecular weight excluding hydrogens is 266 g/mol. The summed E-state index contributed by atoms with van der Waals surface area (Å²) in [4.78, 5) is 11.8. The van der Waals surface area contributed by atoms with E-state index in [-0.39, 0.29) is 11.7 Å². The minimum atomic E-state index is -0.358. The number of carbonyl (C=O) groups is 1. The summed E-state index contributed by atoms with van der Waals surface area (Å²) in [6.07, 6.45) is 0. The number of nitriles is 1. The van der Waals surface area contributed by atoms with Gasteiger partial charge in [0.25, 0.3) is 5.91 Å². The van der Waals surface area contributed by atoms with E-state index < -0.39 is 0 Å². The normalized spacial score (nSPS) is 10.8. The lowest BCUT2D eigenvalue weighted by molar-refractivity contribution is 0.0955. The number of benzene rings is 2. The number of phenols is 1. The first-order valence-electron chi connectivity index (χ1n) is 6.24. The van der Waals surface area contributed by atoms with Crippen LogP contribution in [0.4, 0.5) is 0 Å². The zero-order valence-corrected chi connectivity index (χ0v) is 11.4. The van der Waals surface area contributed by atoms with Crippen molar-refractivity contribution in [2.75, 3.05) is 0 Å². The van der Waals surface area contributed by atoms with Crippen LogP contribution in [0.1, 0.15) is 28.4 Å². The molecule has 21 heavy (non-hydrogen) atoms. The Morgan fingerprint density at radius 2 is 1.67 bits per heavy atom. The van der Waals surface area contributed by atoms with Crippen LogP contribution < -0.4 is 5.43 Å². The molecule has 0 atom stereocenters. The lowest BCUT2D eigenvalue weighted by Crippen LogP contribution is -2.19. The van der Waals surface area contributed by atoms with Crippen molar-refractivity contribution in [2.24, 2.45) is 5.10 Å². The molecule has 1 amide bonds. The van der Waals surface area contributed by atoms with Crippen LogP contribution in [-0.4, -0.2) is 16.7 Å². The van der Waals surface area contributed by atoms with Gasteiger partial charge < -0.3 is 5.11 Å². The fraction of sp³-hybridized carbons (Fsp3) is 0.0625. The predicted molar refractivity (Wildman–Crippen MR) is 78.9 cm³/mol. The van der Waals surface area contributed by atoms with Gasteiger partial charge in [0.1, 0.15) is 5.75 Å². The van der Waals surface area contributed by atoms with Gasteiger partial charge in [0.2, 0.25) is 0 Å². The van der Waals surface area contributed by atoms with Crippen LogP contribution in [0.3, 0.4) is 0 Å². The topological polar surface area (TPSA) is 85.5 Å². The maximum Gasteiger partial charge on any atom is 0.271 e. The van der Waals surface area contributed by atoms with Gasteiger partial charge in [0, 0.05) is 5.56 Å². The minimum absolute atomic E-state index is 0.101. The highest BCUT2D eigenvalue weighted by Crippen LogP contribution is 2.09. The van der Waals surface area contributed by atoms with Gasteiger partial charge in [0.15, 0.2) is 0 Å². The molecule has 5 heteroatoms. The summed E-state index contributed by atoms with van der Waals surface area (Å²) >= 11 is 0. The molecule has 2 aromatic carbocycles. The van der Waals surface area contributed by atoms with E-state index >= 15 is 0 Å². The smallest absolute Gasteiger partial charge is 0.271 e. The molecule has 0 aliphatic carbocycles. The number of carbonyl (C=O) groups excluding carboxylic acids is 1. The van der Waals surface area contributed by atoms with Gasteiger partial charge in [-0.15, -0.1) is 0 Å². The molecule has 5 nitrogen and oxygen atoms in total. The number of nitrogens with zero attached hydrogens (tertiary/aromatic N) is 2. The molecule has 104 valence electrons. The van der Waals surface area contributed by atoms with Gasteiger partial charge in [-0.25, -0.2) is 5.43 Å². The first-order valence-corrected chi connectivity index (χ1v) is 6.24. The number of phenolic OH excluding ortho intramolecular Hbond substituents is 1. The Labute approximate surface area is 122 Å². The highest BCUT2D eigenvalue weighted by atomic mass is 16.3. The summed E-state index contributed by atoms with van der Waals surface area (Å²) in [6.45, 7) is 1.76. The van der Waals surface area contributed by atoms with E-state index in [0.717, 1.165) is 5.56 Å². The van der Waals surface area contributed by atoms with Crippen LogP contribution in [0, 0.1) is 11.3 Å². The highest BCUT2D eigenvalue weighted by Gasteiger charge is 2.04. The van der Waals surface area contributed by atoms with Crippen LogP contribution in [0.5, 0.6) is 5.75 Å². The zero-order valence-electron chi connectivity index (χ0n) is 11.4. The molecule has 0 saturated carbocycles. The molecule has 0 heterocycles. The molecule has 2 rings (SSSR count). The molecule has 0 unspecified atom stereocenters. The third-order valence-electron chi connectivity index (χ3n) is 2.89. The summed E-state index contributed by atoms with van der Waals surface area (Å²) in [7, 11) is 0. The first kappa shape index (κ1) is 14.3. The van der Waals surface area contributed by atoms with Crippen molar-refractivity contribution in [3.8, 4) is 11.8 Å². The van der Waals surface area contributed by atoms with E-state index in [1.54, 1.807) is 31.2 Å². The van der Waals surface area contributed by atoms with Crippen LogP contribution in [0.15, 0.2) is 53.6 Å². The van der Waals surface area contributed by atoms with Crippen molar-refractivity contribution in [1.82, 2.24) is 5.43 Å². The highest BCUT2D eigenvalue weighted by molar-refractivity contribution is 6.00. The fourth-order valence-electron chi connectivity index (χ4n) is 1.66. The summed E-state index contributed by atoms with van der Waals surface area (Å²) in [6, 6.07) is 14.9. The summed E-state index contributed by atoms with van der Waals surface area (Å²) < 4.78 is 0. The largest absolute Gasteiger partial charge is 0.508 e. The minimum Gasteiger partial charge on any atom is -0.508 e. The SMILES string of the molecule is CC(=NNC(=O)c1ccc(O)cc1)c1ccc(C#N)cc1. The molecule has 2 aromatic rings. The van der Waals surface area contributed by atoms with Gasteiger partial charge in [-0.1, -0.05) is 12.1 Å². The second kappa shape index (κ2) is 6.35. The molecule has 0 fully saturated rings. The van der Waals surface area contributed by atoms with E-state index in [4.69, 9.17) is 10.4 Å². The van der Waals surface area contributed by atoms with E-state index in [9.17, 15) is 4.79 Å². The second-order valence-corrected chi connectivity index (χ2v) is 4.37. The Balaban J connectivity index is 2.07. The maximum atomic E-state index is 11.8. The molecule has 2 N–H and O–H groups in total. The van der Waals surface area contributed by atoms with Crippen molar-refractivity contribution in [1.29, 1.82) is 5.26 Å². The van der Waals surface area contributed by atoms with E-state index in [1.807, 2.05) is 6.07 Å². The molecular formula is C16H13N3O2. The molecule has 0 radical (unpaired) electrons. The number of hydrazone groups is 1. The van der Waals surface area contributed by atoms with Gasteiger partial charge in [-0.2, -0.15) is 10.4 Å². The van der Waals surface area contributed by atoms with Gasteiger partial charge in [-0.3, -0.25) is 4.79 Å². The van der Waals surface area contributed by atoms with Crippen LogP contribution in [0.2, 0.25) is 0 Å². The molecule has 0 saturated heterocycles. The Morgan fingerprint density at radius 1 is 1.10 bits per heavy atom. The van der Waals surface area contributed by atoms with Crippen molar-refractivity contribution in [2.45, 2.75) is 6.92 Å². The summed E-state index contributed by atoms with van der Waals surface area (Å²) in [5.74, 6) is -0.258. The number of rotatable bonds is 3. The van der Waals surface area contributed by atoms with Crippen molar-refractivity contribution < 1.29 is 9.90 Å². The Bertz CT molecular complexity index is 711. The Hall–Kier alpha value is -3.13. The maximum absolute atomic E-state index is 11.8. The standard InChI is InChI=1S/C16H13N3O2/c1-11(13-4-2-12(10-17)3-5-13)18-19-16(21)14-6-8-15(20)9-7-14/h2-9,20H,1H3,(H,19,21). The van der Waals surface area contributed by atoms with Gasteiger partial charge in [0.05, 0.1) is 17.3 Å². The van der Waals surface area contributed by atoms with Gasteiger partial charge >= 0.3 is 0 Å². The van der Waals surface area contributed by atoms with Crippen LogP contribution in [0.25, 0.3) is 0 Å². The molecule has 0 bridgehead atoms. The molecule has 0 aliphatic heterocycles. The van der Waals surface area contributed by atoms with E-state index in [2.05, 4.69) is 10.5 Å². The molecule has 0 spiro atoms. The number of aromatic hydroxyl groups is 1. The lowest BCUT2D eigenvalue weighted by atomic mass is 10.1. The lowest BCUT2D eigenvalue weighted by Gasteiger charge is -2.03. The fourth-order valence-corrected chi connectivity index (χ4v) is 1.66. The second-order valence-electron chi connectivity index (χ2n) is 4.37. The van der Waals surface area contributed by atoms with Crippen LogP contribution in [-0.2, 0) is 0 Å². The van der Waals surface area contributed by atoms with Crippen molar-refractivity contribution in [3.05, 3.63) is 65.2 Å². The summed E-state index contributed by atoms with van der Waals surface area (Å²) in [5, 5.41) is 21.9.